The average molecular weight is 236 g/mol. The van der Waals surface area contributed by atoms with Gasteiger partial charge in [-0.3, -0.25) is 5.10 Å². The van der Waals surface area contributed by atoms with Crippen LogP contribution >= 0.6 is 11.3 Å². The fraction of sp³-hybridized carbons (Fsp3) is 0.455. The van der Waals surface area contributed by atoms with Crippen molar-refractivity contribution in [1.82, 2.24) is 20.5 Å². The molecule has 0 aliphatic heterocycles. The SMILES string of the molecule is CCC(NCCc1ncn[nH]1)c1cccs1. The highest BCUT2D eigenvalue weighted by molar-refractivity contribution is 7.10. The fourth-order valence-corrected chi connectivity index (χ4v) is 2.54. The van der Waals surface area contributed by atoms with Gasteiger partial charge in [-0.25, -0.2) is 4.98 Å². The summed E-state index contributed by atoms with van der Waals surface area (Å²) in [7, 11) is 0. The van der Waals surface area contributed by atoms with Gasteiger partial charge in [0.25, 0.3) is 0 Å². The highest BCUT2D eigenvalue weighted by Crippen LogP contribution is 2.21. The number of nitrogens with zero attached hydrogens (tertiary/aromatic N) is 2. The van der Waals surface area contributed by atoms with Gasteiger partial charge >= 0.3 is 0 Å². The Balaban J connectivity index is 1.80. The minimum absolute atomic E-state index is 0.461. The lowest BCUT2D eigenvalue weighted by molar-refractivity contribution is 0.526. The van der Waals surface area contributed by atoms with Crippen molar-refractivity contribution in [2.24, 2.45) is 0 Å². The highest BCUT2D eigenvalue weighted by Gasteiger charge is 2.09. The van der Waals surface area contributed by atoms with E-state index in [0.717, 1.165) is 25.2 Å². The lowest BCUT2D eigenvalue weighted by atomic mass is 10.2. The van der Waals surface area contributed by atoms with Gasteiger partial charge in [-0.1, -0.05) is 13.0 Å². The Morgan fingerprint density at radius 1 is 1.56 bits per heavy atom. The molecule has 5 heteroatoms. The van der Waals surface area contributed by atoms with Gasteiger partial charge in [0, 0.05) is 23.9 Å². The Labute approximate surface area is 99.1 Å². The second-order valence-corrected chi connectivity index (χ2v) is 4.59. The molecule has 4 nitrogen and oxygen atoms in total. The van der Waals surface area contributed by atoms with Crippen molar-refractivity contribution in [1.29, 1.82) is 0 Å². The van der Waals surface area contributed by atoms with Crippen LogP contribution in [0.15, 0.2) is 23.8 Å². The molecular weight excluding hydrogens is 220 g/mol. The molecule has 0 amide bonds. The second kappa shape index (κ2) is 5.77. The fourth-order valence-electron chi connectivity index (χ4n) is 1.65. The molecule has 2 aromatic heterocycles. The molecule has 2 N–H and O–H groups in total. The number of aromatic amines is 1. The molecule has 2 heterocycles. The van der Waals surface area contributed by atoms with Crippen molar-refractivity contribution in [2.75, 3.05) is 6.54 Å². The van der Waals surface area contributed by atoms with Crippen molar-refractivity contribution >= 4 is 11.3 Å². The zero-order valence-corrected chi connectivity index (χ0v) is 10.1. The molecule has 0 aromatic carbocycles. The van der Waals surface area contributed by atoms with E-state index in [-0.39, 0.29) is 0 Å². The van der Waals surface area contributed by atoms with E-state index in [1.165, 1.54) is 4.88 Å². The third-order valence-electron chi connectivity index (χ3n) is 2.51. The minimum Gasteiger partial charge on any atom is -0.309 e. The molecule has 0 spiro atoms. The zero-order chi connectivity index (χ0) is 11.2. The lowest BCUT2D eigenvalue weighted by Gasteiger charge is -2.14. The lowest BCUT2D eigenvalue weighted by Crippen LogP contribution is -2.22. The molecule has 1 unspecified atom stereocenters. The van der Waals surface area contributed by atoms with Gasteiger partial charge in [-0.05, 0) is 17.9 Å². The van der Waals surface area contributed by atoms with E-state index in [4.69, 9.17) is 0 Å². The molecule has 0 bridgehead atoms. The summed E-state index contributed by atoms with van der Waals surface area (Å²) in [6, 6.07) is 4.74. The van der Waals surface area contributed by atoms with Crippen LogP contribution in [0.3, 0.4) is 0 Å². The maximum atomic E-state index is 4.10. The Hall–Kier alpha value is -1.20. The number of aromatic nitrogens is 3. The summed E-state index contributed by atoms with van der Waals surface area (Å²) in [5.74, 6) is 0.938. The van der Waals surface area contributed by atoms with E-state index >= 15 is 0 Å². The van der Waals surface area contributed by atoms with Crippen LogP contribution in [-0.2, 0) is 6.42 Å². The predicted molar refractivity (Wildman–Crippen MR) is 65.4 cm³/mol. The smallest absolute Gasteiger partial charge is 0.137 e. The van der Waals surface area contributed by atoms with Gasteiger partial charge in [0.15, 0.2) is 0 Å². The Bertz CT molecular complexity index is 382. The first-order valence-electron chi connectivity index (χ1n) is 5.51. The van der Waals surface area contributed by atoms with Crippen molar-refractivity contribution in [3.8, 4) is 0 Å². The van der Waals surface area contributed by atoms with Gasteiger partial charge in [-0.15, -0.1) is 11.3 Å². The van der Waals surface area contributed by atoms with Gasteiger partial charge in [0.2, 0.25) is 0 Å². The largest absolute Gasteiger partial charge is 0.309 e. The molecule has 0 radical (unpaired) electrons. The number of thiophene rings is 1. The molecule has 2 aromatic rings. The Morgan fingerprint density at radius 3 is 3.12 bits per heavy atom. The zero-order valence-electron chi connectivity index (χ0n) is 9.31. The van der Waals surface area contributed by atoms with E-state index in [0.29, 0.717) is 6.04 Å². The van der Waals surface area contributed by atoms with Crippen LogP contribution in [0.5, 0.6) is 0 Å². The molecule has 16 heavy (non-hydrogen) atoms. The van der Waals surface area contributed by atoms with E-state index < -0.39 is 0 Å². The summed E-state index contributed by atoms with van der Waals surface area (Å²) in [4.78, 5) is 5.50. The summed E-state index contributed by atoms with van der Waals surface area (Å²) >= 11 is 1.81. The van der Waals surface area contributed by atoms with Crippen molar-refractivity contribution in [3.63, 3.8) is 0 Å². The van der Waals surface area contributed by atoms with Crippen molar-refractivity contribution in [2.45, 2.75) is 25.8 Å². The maximum Gasteiger partial charge on any atom is 0.137 e. The summed E-state index contributed by atoms with van der Waals surface area (Å²) in [6.07, 6.45) is 3.55. The first-order valence-corrected chi connectivity index (χ1v) is 6.39. The summed E-state index contributed by atoms with van der Waals surface area (Å²) in [6.45, 7) is 3.12. The average Bonchev–Trinajstić information content (AvgIpc) is 2.96. The number of H-pyrrole nitrogens is 1. The van der Waals surface area contributed by atoms with E-state index in [1.54, 1.807) is 17.7 Å². The summed E-state index contributed by atoms with van der Waals surface area (Å²) in [5, 5.41) is 12.3. The molecule has 0 aliphatic rings. The quantitative estimate of drug-likeness (QED) is 0.808. The minimum atomic E-state index is 0.461. The standard InChI is InChI=1S/C11H16N4S/c1-2-9(10-4-3-7-16-10)12-6-5-11-13-8-14-15-11/h3-4,7-9,12H,2,5-6H2,1H3,(H,13,14,15). The molecule has 0 saturated carbocycles. The molecule has 2 rings (SSSR count). The van der Waals surface area contributed by atoms with E-state index in [1.807, 2.05) is 0 Å². The maximum absolute atomic E-state index is 4.10. The monoisotopic (exact) mass is 236 g/mol. The van der Waals surface area contributed by atoms with Crippen LogP contribution in [-0.4, -0.2) is 21.7 Å². The molecule has 1 atom stereocenters. The number of hydrogen-bond acceptors (Lipinski definition) is 4. The third kappa shape index (κ3) is 2.90. The van der Waals surface area contributed by atoms with Crippen LogP contribution in [0, 0.1) is 0 Å². The molecule has 0 aliphatic carbocycles. The molecule has 0 fully saturated rings. The second-order valence-electron chi connectivity index (χ2n) is 3.61. The highest BCUT2D eigenvalue weighted by atomic mass is 32.1. The third-order valence-corrected chi connectivity index (χ3v) is 3.50. The number of rotatable bonds is 6. The first kappa shape index (κ1) is 11.3. The Kier molecular flexibility index (Phi) is 4.07. The van der Waals surface area contributed by atoms with Crippen LogP contribution in [0.4, 0.5) is 0 Å². The molecular formula is C11H16N4S. The topological polar surface area (TPSA) is 53.6 Å². The first-order chi connectivity index (χ1) is 7.90. The van der Waals surface area contributed by atoms with E-state index in [2.05, 4.69) is 44.9 Å². The Morgan fingerprint density at radius 2 is 2.50 bits per heavy atom. The van der Waals surface area contributed by atoms with Gasteiger partial charge in [-0.2, -0.15) is 5.10 Å². The van der Waals surface area contributed by atoms with Gasteiger partial charge < -0.3 is 5.32 Å². The molecule has 0 saturated heterocycles. The van der Waals surface area contributed by atoms with E-state index in [9.17, 15) is 0 Å². The summed E-state index contributed by atoms with van der Waals surface area (Å²) in [5.41, 5.74) is 0. The van der Waals surface area contributed by atoms with Gasteiger partial charge in [0.05, 0.1) is 0 Å². The number of nitrogens with one attached hydrogen (secondary N) is 2. The van der Waals surface area contributed by atoms with Crippen molar-refractivity contribution < 1.29 is 0 Å². The van der Waals surface area contributed by atoms with Crippen LogP contribution in [0.25, 0.3) is 0 Å². The molecule has 86 valence electrons. The normalized spacial score (nSPS) is 12.8. The van der Waals surface area contributed by atoms with Crippen LogP contribution in [0.1, 0.15) is 30.1 Å². The van der Waals surface area contributed by atoms with Crippen molar-refractivity contribution in [3.05, 3.63) is 34.5 Å². The van der Waals surface area contributed by atoms with Crippen LogP contribution < -0.4 is 5.32 Å². The predicted octanol–water partition coefficient (Wildman–Crippen LogP) is 2.15. The summed E-state index contributed by atoms with van der Waals surface area (Å²) < 4.78 is 0. The van der Waals surface area contributed by atoms with Gasteiger partial charge in [0.1, 0.15) is 12.2 Å². The van der Waals surface area contributed by atoms with Crippen LogP contribution in [0.2, 0.25) is 0 Å². The number of hydrogen-bond donors (Lipinski definition) is 2.